The topological polar surface area (TPSA) is 103 Å². The van der Waals surface area contributed by atoms with E-state index in [2.05, 4.69) is 15.5 Å². The molecule has 34 heavy (non-hydrogen) atoms. The molecule has 1 fully saturated rings. The number of tetrazole rings is 1. The van der Waals surface area contributed by atoms with Crippen molar-refractivity contribution in [1.29, 1.82) is 0 Å². The van der Waals surface area contributed by atoms with Crippen LogP contribution < -0.4 is 9.47 Å². The van der Waals surface area contributed by atoms with Gasteiger partial charge in [-0.3, -0.25) is 9.59 Å². The van der Waals surface area contributed by atoms with E-state index < -0.39 is 11.9 Å². The minimum absolute atomic E-state index is 0.0860. The summed E-state index contributed by atoms with van der Waals surface area (Å²) in [6.07, 6.45) is -0.700. The highest BCUT2D eigenvalue weighted by molar-refractivity contribution is 7.99. The Balaban J connectivity index is 1.12. The number of halogens is 1. The number of para-hydroxylation sites is 2. The van der Waals surface area contributed by atoms with Crippen molar-refractivity contribution in [3.63, 3.8) is 0 Å². The monoisotopic (exact) mass is 484 g/mol. The predicted octanol–water partition coefficient (Wildman–Crippen LogP) is 1.40. The fourth-order valence-electron chi connectivity index (χ4n) is 3.78. The van der Waals surface area contributed by atoms with Crippen LogP contribution in [0.2, 0.25) is 0 Å². The maximum absolute atomic E-state index is 13.5. The van der Waals surface area contributed by atoms with Crippen molar-refractivity contribution in [2.75, 3.05) is 38.5 Å². The quantitative estimate of drug-likeness (QED) is 0.501. The summed E-state index contributed by atoms with van der Waals surface area (Å²) >= 11 is 1.18. The van der Waals surface area contributed by atoms with Crippen molar-refractivity contribution in [2.45, 2.75) is 11.3 Å². The van der Waals surface area contributed by atoms with Crippen molar-refractivity contribution < 1.29 is 23.5 Å². The summed E-state index contributed by atoms with van der Waals surface area (Å²) in [4.78, 5) is 29.0. The maximum Gasteiger partial charge on any atom is 0.267 e. The molecule has 3 heterocycles. The standard InChI is InChI=1S/C22H21FN6O4S/c23-15-4-3-5-16(12-15)29-22(24-25-26-29)34-14-20(30)27-8-10-28(11-9-27)21(31)19-13-32-17-6-1-2-7-18(17)33-19/h1-7,12,19H,8-11,13-14H2/t19-/m0/s1. The van der Waals surface area contributed by atoms with Crippen LogP contribution in [-0.4, -0.2) is 86.5 Å². The number of hydrogen-bond acceptors (Lipinski definition) is 8. The molecule has 0 spiro atoms. The third kappa shape index (κ3) is 4.67. The van der Waals surface area contributed by atoms with E-state index >= 15 is 0 Å². The van der Waals surface area contributed by atoms with Gasteiger partial charge in [0.15, 0.2) is 11.5 Å². The van der Waals surface area contributed by atoms with Gasteiger partial charge in [0.25, 0.3) is 5.91 Å². The summed E-state index contributed by atoms with van der Waals surface area (Å²) in [5, 5.41) is 11.8. The minimum atomic E-state index is -0.700. The number of ether oxygens (including phenoxy) is 2. The fraction of sp³-hybridized carbons (Fsp3) is 0.318. The summed E-state index contributed by atoms with van der Waals surface area (Å²) in [6.45, 7) is 1.83. The predicted molar refractivity (Wildman–Crippen MR) is 119 cm³/mol. The Kier molecular flexibility index (Phi) is 6.30. The molecule has 12 heteroatoms. The first kappa shape index (κ1) is 22.1. The molecule has 2 amide bonds. The molecule has 0 aliphatic carbocycles. The normalized spacial score (nSPS) is 17.5. The molecular formula is C22H21FN6O4S. The van der Waals surface area contributed by atoms with Gasteiger partial charge in [-0.2, -0.15) is 4.68 Å². The molecule has 1 atom stereocenters. The molecule has 0 bridgehead atoms. The highest BCUT2D eigenvalue weighted by Gasteiger charge is 2.33. The minimum Gasteiger partial charge on any atom is -0.485 e. The number of benzene rings is 2. The average molecular weight is 485 g/mol. The number of piperazine rings is 1. The van der Waals surface area contributed by atoms with E-state index in [-0.39, 0.29) is 24.2 Å². The molecule has 0 unspecified atom stereocenters. The Morgan fingerprint density at radius 3 is 2.59 bits per heavy atom. The number of rotatable bonds is 5. The Morgan fingerprint density at radius 1 is 1.03 bits per heavy atom. The van der Waals surface area contributed by atoms with Crippen molar-refractivity contribution in [3.8, 4) is 17.2 Å². The van der Waals surface area contributed by atoms with E-state index in [1.807, 2.05) is 12.1 Å². The molecule has 2 aliphatic rings. The number of aromatic nitrogens is 4. The Hall–Kier alpha value is -3.67. The average Bonchev–Trinajstić information content (AvgIpc) is 3.35. The summed E-state index contributed by atoms with van der Waals surface area (Å²) in [7, 11) is 0. The summed E-state index contributed by atoms with van der Waals surface area (Å²) < 4.78 is 26.4. The van der Waals surface area contributed by atoms with E-state index in [1.165, 1.54) is 28.6 Å². The third-order valence-electron chi connectivity index (χ3n) is 5.55. The summed E-state index contributed by atoms with van der Waals surface area (Å²) in [5.41, 5.74) is 0.476. The van der Waals surface area contributed by atoms with Crippen LogP contribution in [-0.2, 0) is 9.59 Å². The lowest BCUT2D eigenvalue weighted by atomic mass is 10.2. The smallest absolute Gasteiger partial charge is 0.267 e. The number of hydrogen-bond donors (Lipinski definition) is 0. The van der Waals surface area contributed by atoms with Crippen LogP contribution in [0.25, 0.3) is 5.69 Å². The number of carbonyl (C=O) groups excluding carboxylic acids is 2. The zero-order chi connectivity index (χ0) is 23.5. The first-order valence-corrected chi connectivity index (χ1v) is 11.7. The second-order valence-corrected chi connectivity index (χ2v) is 8.65. The van der Waals surface area contributed by atoms with Crippen molar-refractivity contribution >= 4 is 23.6 Å². The molecular weight excluding hydrogens is 463 g/mol. The van der Waals surface area contributed by atoms with Gasteiger partial charge in [0.1, 0.15) is 12.4 Å². The highest BCUT2D eigenvalue weighted by atomic mass is 32.2. The molecule has 1 aromatic heterocycles. The first-order chi connectivity index (χ1) is 16.6. The number of nitrogens with zero attached hydrogens (tertiary/aromatic N) is 6. The number of amides is 2. The van der Waals surface area contributed by atoms with Gasteiger partial charge >= 0.3 is 0 Å². The van der Waals surface area contributed by atoms with E-state index in [4.69, 9.17) is 9.47 Å². The van der Waals surface area contributed by atoms with Gasteiger partial charge in [-0.25, -0.2) is 4.39 Å². The van der Waals surface area contributed by atoms with Crippen molar-refractivity contribution in [2.24, 2.45) is 0 Å². The lowest BCUT2D eigenvalue weighted by molar-refractivity contribution is -0.145. The highest BCUT2D eigenvalue weighted by Crippen LogP contribution is 2.31. The zero-order valence-corrected chi connectivity index (χ0v) is 18.9. The van der Waals surface area contributed by atoms with Crippen LogP contribution in [0.1, 0.15) is 0 Å². The maximum atomic E-state index is 13.5. The molecule has 0 saturated carbocycles. The van der Waals surface area contributed by atoms with Gasteiger partial charge in [0.2, 0.25) is 17.2 Å². The van der Waals surface area contributed by atoms with Gasteiger partial charge in [-0.05, 0) is 40.8 Å². The van der Waals surface area contributed by atoms with Crippen molar-refractivity contribution in [1.82, 2.24) is 30.0 Å². The second-order valence-electron chi connectivity index (χ2n) is 7.71. The Morgan fingerprint density at radius 2 is 1.79 bits per heavy atom. The molecule has 0 radical (unpaired) electrons. The number of fused-ring (bicyclic) bond motifs is 1. The second kappa shape index (κ2) is 9.67. The van der Waals surface area contributed by atoms with E-state index in [9.17, 15) is 14.0 Å². The third-order valence-corrected chi connectivity index (χ3v) is 6.45. The van der Waals surface area contributed by atoms with Gasteiger partial charge < -0.3 is 19.3 Å². The SMILES string of the molecule is O=C(CSc1nnnn1-c1cccc(F)c1)N1CCN(C(=O)[C@@H]2COc3ccccc3O2)CC1. The lowest BCUT2D eigenvalue weighted by Crippen LogP contribution is -2.55. The Labute approximate surface area is 198 Å². The van der Waals surface area contributed by atoms with Gasteiger partial charge in [0, 0.05) is 26.2 Å². The van der Waals surface area contributed by atoms with E-state index in [1.54, 1.807) is 34.1 Å². The van der Waals surface area contributed by atoms with Crippen LogP contribution in [0.5, 0.6) is 11.5 Å². The van der Waals surface area contributed by atoms with Gasteiger partial charge in [0.05, 0.1) is 11.4 Å². The van der Waals surface area contributed by atoms with Gasteiger partial charge in [-0.1, -0.05) is 30.0 Å². The Bertz CT molecular complexity index is 1200. The molecule has 5 rings (SSSR count). The van der Waals surface area contributed by atoms with Crippen LogP contribution in [0, 0.1) is 5.82 Å². The molecule has 2 aliphatic heterocycles. The van der Waals surface area contributed by atoms with Gasteiger partial charge in [-0.15, -0.1) is 5.10 Å². The summed E-state index contributed by atoms with van der Waals surface area (Å²) in [6, 6.07) is 13.1. The van der Waals surface area contributed by atoms with Crippen LogP contribution >= 0.6 is 11.8 Å². The van der Waals surface area contributed by atoms with E-state index in [0.717, 1.165) is 0 Å². The molecule has 10 nitrogen and oxygen atoms in total. The lowest BCUT2D eigenvalue weighted by Gasteiger charge is -2.37. The molecule has 2 aromatic carbocycles. The van der Waals surface area contributed by atoms with Crippen LogP contribution in [0.4, 0.5) is 4.39 Å². The molecule has 0 N–H and O–H groups in total. The number of carbonyl (C=O) groups is 2. The largest absolute Gasteiger partial charge is 0.485 e. The van der Waals surface area contributed by atoms with Crippen molar-refractivity contribution in [3.05, 3.63) is 54.3 Å². The molecule has 1 saturated heterocycles. The van der Waals surface area contributed by atoms with E-state index in [0.29, 0.717) is 48.5 Å². The van der Waals surface area contributed by atoms with Crippen LogP contribution in [0.3, 0.4) is 0 Å². The number of thioether (sulfide) groups is 1. The molecule has 176 valence electrons. The van der Waals surface area contributed by atoms with Crippen LogP contribution in [0.15, 0.2) is 53.7 Å². The molecule has 3 aromatic rings. The zero-order valence-electron chi connectivity index (χ0n) is 18.0. The fourth-order valence-corrected chi connectivity index (χ4v) is 4.57. The first-order valence-electron chi connectivity index (χ1n) is 10.7. The summed E-state index contributed by atoms with van der Waals surface area (Å²) in [5.74, 6) is 0.672.